The van der Waals surface area contributed by atoms with E-state index in [2.05, 4.69) is 83.2 Å². The summed E-state index contributed by atoms with van der Waals surface area (Å²) in [7, 11) is 0. The van der Waals surface area contributed by atoms with Crippen molar-refractivity contribution in [2.24, 2.45) is 0 Å². The zero-order valence-corrected chi connectivity index (χ0v) is 14.3. The third-order valence-electron chi connectivity index (χ3n) is 4.76. The van der Waals surface area contributed by atoms with Crippen LogP contribution in [0.3, 0.4) is 0 Å². The first-order chi connectivity index (χ1) is 10.3. The molecule has 1 radical (unpaired) electrons. The van der Waals surface area contributed by atoms with E-state index in [0.717, 1.165) is 6.42 Å². The van der Waals surface area contributed by atoms with Gasteiger partial charge in [-0.05, 0) is 57.2 Å². The standard InChI is InChI=1S/C22H25/c1-21(2,3)17-12-10-16(11-13-17)18-14-15-22(4,5)20-9-7-6-8-19(18)20/h7-14H,15H2,1-5H3. The lowest BCUT2D eigenvalue weighted by Gasteiger charge is -2.32. The Bertz CT molecular complexity index is 706. The summed E-state index contributed by atoms with van der Waals surface area (Å²) in [5.74, 6) is 0. The summed E-state index contributed by atoms with van der Waals surface area (Å²) < 4.78 is 0. The maximum Gasteiger partial charge on any atom is -0.00626 e. The monoisotopic (exact) mass is 289 g/mol. The largest absolute Gasteiger partial charge is 0.0752 e. The van der Waals surface area contributed by atoms with E-state index in [0.29, 0.717) is 0 Å². The quantitative estimate of drug-likeness (QED) is 0.613. The molecule has 0 saturated heterocycles. The van der Waals surface area contributed by atoms with Crippen LogP contribution in [0.5, 0.6) is 0 Å². The number of rotatable bonds is 1. The average molecular weight is 289 g/mol. The Balaban J connectivity index is 2.05. The van der Waals surface area contributed by atoms with Gasteiger partial charge >= 0.3 is 0 Å². The molecule has 1 aliphatic rings. The minimum Gasteiger partial charge on any atom is -0.0752 e. The second-order valence-electron chi connectivity index (χ2n) is 8.00. The van der Waals surface area contributed by atoms with E-state index >= 15 is 0 Å². The topological polar surface area (TPSA) is 0 Å². The fraction of sp³-hybridized carbons (Fsp3) is 0.364. The zero-order valence-electron chi connectivity index (χ0n) is 14.3. The second kappa shape index (κ2) is 5.12. The highest BCUT2D eigenvalue weighted by molar-refractivity contribution is 5.83. The van der Waals surface area contributed by atoms with Gasteiger partial charge in [0.05, 0.1) is 0 Å². The van der Waals surface area contributed by atoms with Gasteiger partial charge in [0.2, 0.25) is 0 Å². The van der Waals surface area contributed by atoms with Crippen molar-refractivity contribution >= 4 is 5.57 Å². The van der Waals surface area contributed by atoms with Crippen molar-refractivity contribution in [2.75, 3.05) is 0 Å². The average Bonchev–Trinajstić information content (AvgIpc) is 2.47. The molecule has 0 heteroatoms. The lowest BCUT2D eigenvalue weighted by Crippen LogP contribution is -2.21. The van der Waals surface area contributed by atoms with E-state index in [1.165, 1.54) is 27.8 Å². The van der Waals surface area contributed by atoms with Gasteiger partial charge in [-0.1, -0.05) is 77.1 Å². The first-order valence-electron chi connectivity index (χ1n) is 8.11. The Morgan fingerprint density at radius 2 is 1.68 bits per heavy atom. The zero-order chi connectivity index (χ0) is 16.0. The van der Waals surface area contributed by atoms with Gasteiger partial charge in [-0.3, -0.25) is 0 Å². The van der Waals surface area contributed by atoms with Crippen LogP contribution in [-0.4, -0.2) is 0 Å². The van der Waals surface area contributed by atoms with E-state index in [-0.39, 0.29) is 10.8 Å². The third kappa shape index (κ3) is 2.63. The highest BCUT2D eigenvalue weighted by Crippen LogP contribution is 2.41. The molecule has 3 rings (SSSR count). The van der Waals surface area contributed by atoms with Gasteiger partial charge in [0.15, 0.2) is 0 Å². The summed E-state index contributed by atoms with van der Waals surface area (Å²) in [6, 6.07) is 18.7. The SMILES string of the molecule is CC(C)(C)c1ccc(C2=CCC(C)(C)c3cc[c]cc32)cc1. The molecule has 0 N–H and O–H groups in total. The lowest BCUT2D eigenvalue weighted by atomic mass is 9.72. The van der Waals surface area contributed by atoms with Gasteiger partial charge in [-0.15, -0.1) is 0 Å². The lowest BCUT2D eigenvalue weighted by molar-refractivity contribution is 0.527. The van der Waals surface area contributed by atoms with Crippen LogP contribution in [0.25, 0.3) is 5.57 Å². The fourth-order valence-corrected chi connectivity index (χ4v) is 3.24. The molecule has 0 nitrogen and oxygen atoms in total. The van der Waals surface area contributed by atoms with Crippen LogP contribution in [0.4, 0.5) is 0 Å². The fourth-order valence-electron chi connectivity index (χ4n) is 3.24. The predicted octanol–water partition coefficient (Wildman–Crippen LogP) is 5.90. The van der Waals surface area contributed by atoms with Crippen LogP contribution < -0.4 is 0 Å². The maximum absolute atomic E-state index is 3.25. The van der Waals surface area contributed by atoms with Crippen LogP contribution in [-0.2, 0) is 10.8 Å². The first-order valence-corrected chi connectivity index (χ1v) is 8.11. The molecule has 0 saturated carbocycles. The van der Waals surface area contributed by atoms with Crippen LogP contribution in [0.2, 0.25) is 0 Å². The molecule has 0 heterocycles. The van der Waals surface area contributed by atoms with Crippen LogP contribution >= 0.6 is 0 Å². The van der Waals surface area contributed by atoms with Crippen molar-refractivity contribution in [3.8, 4) is 0 Å². The van der Waals surface area contributed by atoms with Gasteiger partial charge in [0.1, 0.15) is 0 Å². The summed E-state index contributed by atoms with van der Waals surface area (Å²) in [4.78, 5) is 0. The Hall–Kier alpha value is -1.82. The molecule has 0 fully saturated rings. The molecule has 2 aromatic rings. The Labute approximate surface area is 134 Å². The van der Waals surface area contributed by atoms with Crippen molar-refractivity contribution in [1.29, 1.82) is 0 Å². The molecule has 113 valence electrons. The van der Waals surface area contributed by atoms with E-state index < -0.39 is 0 Å². The summed E-state index contributed by atoms with van der Waals surface area (Å²) in [5, 5.41) is 0. The van der Waals surface area contributed by atoms with Gasteiger partial charge in [0.25, 0.3) is 0 Å². The number of hydrogen-bond donors (Lipinski definition) is 0. The smallest absolute Gasteiger partial charge is 0.00626 e. The predicted molar refractivity (Wildman–Crippen MR) is 95.1 cm³/mol. The molecule has 1 aliphatic carbocycles. The Morgan fingerprint density at radius 1 is 1.00 bits per heavy atom. The third-order valence-corrected chi connectivity index (χ3v) is 4.76. The van der Waals surface area contributed by atoms with E-state index in [1.54, 1.807) is 0 Å². The normalized spacial score (nSPS) is 16.9. The Morgan fingerprint density at radius 3 is 2.32 bits per heavy atom. The van der Waals surface area contributed by atoms with Crippen LogP contribution in [0.1, 0.15) is 63.3 Å². The van der Waals surface area contributed by atoms with Crippen molar-refractivity contribution in [3.63, 3.8) is 0 Å². The number of hydrogen-bond acceptors (Lipinski definition) is 0. The minimum atomic E-state index is 0.202. The Kier molecular flexibility index (Phi) is 3.51. The van der Waals surface area contributed by atoms with Crippen LogP contribution in [0, 0.1) is 6.07 Å². The molecular weight excluding hydrogens is 264 g/mol. The molecule has 2 aromatic carbocycles. The van der Waals surface area contributed by atoms with Crippen molar-refractivity contribution in [1.82, 2.24) is 0 Å². The number of benzene rings is 2. The second-order valence-corrected chi connectivity index (χ2v) is 8.00. The van der Waals surface area contributed by atoms with Crippen LogP contribution in [0.15, 0.2) is 48.5 Å². The molecular formula is C22H25. The molecule has 0 amide bonds. The number of allylic oxidation sites excluding steroid dienone is 1. The summed E-state index contributed by atoms with van der Waals surface area (Å²) in [6.07, 6.45) is 3.47. The highest BCUT2D eigenvalue weighted by atomic mass is 14.3. The minimum absolute atomic E-state index is 0.202. The molecule has 0 aromatic heterocycles. The van der Waals surface area contributed by atoms with Gasteiger partial charge in [0, 0.05) is 0 Å². The van der Waals surface area contributed by atoms with Gasteiger partial charge in [-0.25, -0.2) is 0 Å². The van der Waals surface area contributed by atoms with E-state index in [4.69, 9.17) is 0 Å². The summed E-state index contributed by atoms with van der Waals surface area (Å²) in [6.45, 7) is 11.4. The molecule has 0 aliphatic heterocycles. The van der Waals surface area contributed by atoms with Crippen molar-refractivity contribution in [3.05, 3.63) is 76.9 Å². The molecule has 0 unspecified atom stereocenters. The maximum atomic E-state index is 3.25. The number of fused-ring (bicyclic) bond motifs is 1. The molecule has 0 atom stereocenters. The summed E-state index contributed by atoms with van der Waals surface area (Å²) in [5.41, 5.74) is 7.22. The molecule has 0 spiro atoms. The van der Waals surface area contributed by atoms with Crippen molar-refractivity contribution in [2.45, 2.75) is 51.9 Å². The van der Waals surface area contributed by atoms with Gasteiger partial charge < -0.3 is 0 Å². The molecule has 0 bridgehead atoms. The van der Waals surface area contributed by atoms with Crippen molar-refractivity contribution < 1.29 is 0 Å². The van der Waals surface area contributed by atoms with E-state index in [9.17, 15) is 0 Å². The van der Waals surface area contributed by atoms with E-state index in [1.807, 2.05) is 6.07 Å². The van der Waals surface area contributed by atoms with Gasteiger partial charge in [-0.2, -0.15) is 0 Å². The highest BCUT2D eigenvalue weighted by Gasteiger charge is 2.28. The molecule has 22 heavy (non-hydrogen) atoms. The summed E-state index contributed by atoms with van der Waals surface area (Å²) >= 11 is 0. The first kappa shape index (κ1) is 15.1.